The summed E-state index contributed by atoms with van der Waals surface area (Å²) in [4.78, 5) is 42.9. The molecule has 1 saturated heterocycles. The van der Waals surface area contributed by atoms with Gasteiger partial charge in [0.05, 0.1) is 11.1 Å². The van der Waals surface area contributed by atoms with E-state index in [4.69, 9.17) is 14.5 Å². The van der Waals surface area contributed by atoms with E-state index >= 15 is 0 Å². The highest BCUT2D eigenvalue weighted by Crippen LogP contribution is 2.38. The van der Waals surface area contributed by atoms with E-state index in [-0.39, 0.29) is 23.0 Å². The highest BCUT2D eigenvalue weighted by atomic mass is 79.9. The van der Waals surface area contributed by atoms with Crippen molar-refractivity contribution in [3.8, 4) is 0 Å². The van der Waals surface area contributed by atoms with Gasteiger partial charge in [-0.3, -0.25) is 18.5 Å². The zero-order valence-corrected chi connectivity index (χ0v) is 18.5. The highest BCUT2D eigenvalue weighted by molar-refractivity contribution is 9.10. The summed E-state index contributed by atoms with van der Waals surface area (Å²) in [5.41, 5.74) is -1.66. The molecular formula is C17H18BrF2N2O9P. The first kappa shape index (κ1) is 24.9. The summed E-state index contributed by atoms with van der Waals surface area (Å²) in [6.45, 7) is -1.08. The second-order valence-corrected chi connectivity index (χ2v) is 9.04. The summed E-state index contributed by atoms with van der Waals surface area (Å²) in [5.74, 6) is -1.63. The largest absolute Gasteiger partial charge is 0.469 e. The molecule has 0 radical (unpaired) electrons. The van der Waals surface area contributed by atoms with Gasteiger partial charge in [-0.2, -0.15) is 0 Å². The Labute approximate surface area is 186 Å². The zero-order valence-electron chi connectivity index (χ0n) is 16.0. The standard InChI is InChI=1S/C17H18BrF2N2O9P/c18-10-6-22(16-14(24)13(23)12(31-16)7-30-32(27,28)29)17(26)21(15(10)25)4-3-8-1-2-9(19)5-11(8)20/h1-2,5-6,12-14,16,23-24H,3-4,7H2,(H2,27,28,29)/t12-,13+,14?,16-/m1/s1. The Morgan fingerprint density at radius 1 is 1.19 bits per heavy atom. The third-order valence-corrected chi connectivity index (χ3v) is 5.82. The van der Waals surface area contributed by atoms with Crippen molar-refractivity contribution < 1.29 is 42.6 Å². The lowest BCUT2D eigenvalue weighted by atomic mass is 10.1. The summed E-state index contributed by atoms with van der Waals surface area (Å²) in [6.07, 6.45) is -5.38. The maximum absolute atomic E-state index is 13.9. The van der Waals surface area contributed by atoms with Crippen LogP contribution in [-0.4, -0.2) is 54.1 Å². The van der Waals surface area contributed by atoms with E-state index in [1.54, 1.807) is 0 Å². The van der Waals surface area contributed by atoms with E-state index in [0.717, 1.165) is 21.4 Å². The molecule has 0 aliphatic carbocycles. The summed E-state index contributed by atoms with van der Waals surface area (Å²) in [7, 11) is -4.88. The molecule has 1 unspecified atom stereocenters. The summed E-state index contributed by atoms with van der Waals surface area (Å²) in [5, 5.41) is 20.4. The van der Waals surface area contributed by atoms with Crippen molar-refractivity contribution in [2.45, 2.75) is 37.5 Å². The first-order valence-corrected chi connectivity index (χ1v) is 11.4. The van der Waals surface area contributed by atoms with E-state index in [1.165, 1.54) is 6.07 Å². The van der Waals surface area contributed by atoms with Crippen molar-refractivity contribution in [3.05, 3.63) is 66.9 Å². The maximum atomic E-state index is 13.9. The summed E-state index contributed by atoms with van der Waals surface area (Å²) in [6, 6.07) is 2.88. The van der Waals surface area contributed by atoms with Crippen LogP contribution in [0.4, 0.5) is 8.78 Å². The molecule has 1 aliphatic rings. The van der Waals surface area contributed by atoms with E-state index in [0.29, 0.717) is 6.07 Å². The predicted octanol–water partition coefficient (Wildman–Crippen LogP) is 0.0219. The summed E-state index contributed by atoms with van der Waals surface area (Å²) < 4.78 is 48.9. The molecular weight excluding hydrogens is 525 g/mol. The quantitative estimate of drug-likeness (QED) is 0.353. The average Bonchev–Trinajstić information content (AvgIpc) is 2.98. The Bertz CT molecular complexity index is 1170. The van der Waals surface area contributed by atoms with Crippen LogP contribution in [0.2, 0.25) is 0 Å². The zero-order chi connectivity index (χ0) is 23.8. The molecule has 1 aliphatic heterocycles. The Morgan fingerprint density at radius 3 is 2.50 bits per heavy atom. The van der Waals surface area contributed by atoms with Crippen LogP contribution in [0, 0.1) is 11.6 Å². The topological polar surface area (TPSA) is 160 Å². The van der Waals surface area contributed by atoms with Crippen molar-refractivity contribution >= 4 is 23.8 Å². The minimum absolute atomic E-state index is 0.0615. The number of hydrogen-bond donors (Lipinski definition) is 4. The maximum Gasteiger partial charge on any atom is 0.469 e. The molecule has 0 amide bonds. The number of aliphatic hydroxyl groups is 2. The van der Waals surface area contributed by atoms with Gasteiger partial charge in [0, 0.05) is 18.8 Å². The fourth-order valence-corrected chi connectivity index (χ4v) is 3.97. The van der Waals surface area contributed by atoms with Gasteiger partial charge in [-0.25, -0.2) is 18.1 Å². The fraction of sp³-hybridized carbons (Fsp3) is 0.412. The number of halogens is 3. The molecule has 0 saturated carbocycles. The second-order valence-electron chi connectivity index (χ2n) is 6.94. The number of ether oxygens (including phenoxy) is 1. The molecule has 11 nitrogen and oxygen atoms in total. The van der Waals surface area contributed by atoms with E-state index in [2.05, 4.69) is 20.5 Å². The number of aryl methyl sites for hydroxylation is 1. The van der Waals surface area contributed by atoms with Crippen molar-refractivity contribution in [2.24, 2.45) is 0 Å². The van der Waals surface area contributed by atoms with Gasteiger partial charge < -0.3 is 24.7 Å². The smallest absolute Gasteiger partial charge is 0.387 e. The molecule has 3 rings (SSSR count). The van der Waals surface area contributed by atoms with Crippen LogP contribution >= 0.6 is 23.8 Å². The Balaban J connectivity index is 1.88. The minimum Gasteiger partial charge on any atom is -0.387 e. The van der Waals surface area contributed by atoms with Crippen LogP contribution in [0.5, 0.6) is 0 Å². The Kier molecular flexibility index (Phi) is 7.47. The first-order valence-electron chi connectivity index (χ1n) is 9.06. The minimum atomic E-state index is -4.88. The lowest BCUT2D eigenvalue weighted by Gasteiger charge is -2.19. The lowest BCUT2D eigenvalue weighted by molar-refractivity contribution is -0.0549. The number of rotatable bonds is 7. The van der Waals surface area contributed by atoms with Crippen molar-refractivity contribution in [3.63, 3.8) is 0 Å². The van der Waals surface area contributed by atoms with Crippen molar-refractivity contribution in [1.82, 2.24) is 9.13 Å². The fourth-order valence-electron chi connectivity index (χ4n) is 3.19. The van der Waals surface area contributed by atoms with E-state index in [1.807, 2.05) is 0 Å². The monoisotopic (exact) mass is 542 g/mol. The molecule has 15 heteroatoms. The lowest BCUT2D eigenvalue weighted by Crippen LogP contribution is -2.44. The summed E-state index contributed by atoms with van der Waals surface area (Å²) >= 11 is 2.99. The number of nitrogens with zero attached hydrogens (tertiary/aromatic N) is 2. The number of aliphatic hydroxyl groups excluding tert-OH is 2. The molecule has 4 atom stereocenters. The van der Waals surface area contributed by atoms with Gasteiger partial charge in [0.2, 0.25) is 0 Å². The van der Waals surface area contributed by atoms with Gasteiger partial charge in [-0.15, -0.1) is 0 Å². The van der Waals surface area contributed by atoms with Crippen LogP contribution in [0.25, 0.3) is 0 Å². The number of phosphoric acid groups is 1. The molecule has 2 aromatic rings. The van der Waals surface area contributed by atoms with Crippen molar-refractivity contribution in [2.75, 3.05) is 6.61 Å². The van der Waals surface area contributed by atoms with Crippen LogP contribution < -0.4 is 11.2 Å². The van der Waals surface area contributed by atoms with E-state index < -0.39 is 61.9 Å². The Hall–Kier alpha value is -1.77. The molecule has 1 fully saturated rings. The first-order chi connectivity index (χ1) is 14.9. The van der Waals surface area contributed by atoms with Gasteiger partial charge in [0.1, 0.15) is 29.9 Å². The van der Waals surface area contributed by atoms with Gasteiger partial charge in [0.15, 0.2) is 6.23 Å². The Morgan fingerprint density at radius 2 is 1.88 bits per heavy atom. The average molecular weight is 543 g/mol. The normalized spacial score (nSPS) is 23.6. The number of hydrogen-bond acceptors (Lipinski definition) is 7. The molecule has 0 bridgehead atoms. The van der Waals surface area contributed by atoms with Crippen LogP contribution in [0.1, 0.15) is 11.8 Å². The molecule has 1 aromatic carbocycles. The van der Waals surface area contributed by atoms with Gasteiger partial charge in [0.25, 0.3) is 5.56 Å². The molecule has 0 spiro atoms. The molecule has 32 heavy (non-hydrogen) atoms. The third kappa shape index (κ3) is 5.41. The molecule has 2 heterocycles. The van der Waals surface area contributed by atoms with Crippen LogP contribution in [-0.2, 0) is 26.8 Å². The second kappa shape index (κ2) is 9.61. The van der Waals surface area contributed by atoms with Gasteiger partial charge >= 0.3 is 13.5 Å². The SMILES string of the molecule is O=c1c(Br)cn([C@@H]2O[C@H](COP(=O)(O)O)[C@H](O)C2O)c(=O)n1CCc1ccc(F)cc1F. The van der Waals surface area contributed by atoms with E-state index in [9.17, 15) is 33.1 Å². The van der Waals surface area contributed by atoms with Gasteiger partial charge in [-0.05, 0) is 34.0 Å². The van der Waals surface area contributed by atoms with Crippen LogP contribution in [0.3, 0.4) is 0 Å². The van der Waals surface area contributed by atoms with Gasteiger partial charge in [-0.1, -0.05) is 6.07 Å². The number of phosphoric ester groups is 1. The molecule has 176 valence electrons. The molecule has 1 aromatic heterocycles. The van der Waals surface area contributed by atoms with Crippen LogP contribution in [0.15, 0.2) is 38.5 Å². The number of benzene rings is 1. The third-order valence-electron chi connectivity index (χ3n) is 4.79. The number of aromatic nitrogens is 2. The highest BCUT2D eigenvalue weighted by Gasteiger charge is 2.45. The predicted molar refractivity (Wildman–Crippen MR) is 107 cm³/mol. The molecule has 4 N–H and O–H groups in total. The van der Waals surface area contributed by atoms with Crippen molar-refractivity contribution in [1.29, 1.82) is 0 Å².